The van der Waals surface area contributed by atoms with Crippen LogP contribution in [0.15, 0.2) is 30.3 Å². The molecular formula is C27H38N5O4+. The Labute approximate surface area is 212 Å². The highest BCUT2D eigenvalue weighted by Crippen LogP contribution is 2.27. The third-order valence-corrected chi connectivity index (χ3v) is 6.51. The molecule has 0 radical (unpaired) electrons. The summed E-state index contributed by atoms with van der Waals surface area (Å²) in [6.45, 7) is 5.84. The molecule has 9 heteroatoms. The molecule has 0 bridgehead atoms. The lowest BCUT2D eigenvalue weighted by Crippen LogP contribution is -2.40. The molecule has 0 unspecified atom stereocenters. The fourth-order valence-corrected chi connectivity index (χ4v) is 4.56. The number of aromatic nitrogens is 4. The van der Waals surface area contributed by atoms with E-state index in [2.05, 4.69) is 17.1 Å². The Balaban J connectivity index is 1.48. The molecule has 0 aliphatic heterocycles. The first-order valence-corrected chi connectivity index (χ1v) is 13.2. The van der Waals surface area contributed by atoms with Crippen molar-refractivity contribution in [3.63, 3.8) is 0 Å². The fourth-order valence-electron chi connectivity index (χ4n) is 4.56. The molecule has 2 aromatic heterocycles. The smallest absolute Gasteiger partial charge is 0.355 e. The summed E-state index contributed by atoms with van der Waals surface area (Å²) >= 11 is 0. The Morgan fingerprint density at radius 1 is 1.06 bits per heavy atom. The summed E-state index contributed by atoms with van der Waals surface area (Å²) in [6.07, 6.45) is 9.42. The molecule has 0 atom stereocenters. The number of hydrogen-bond acceptors (Lipinski definition) is 7. The van der Waals surface area contributed by atoms with E-state index in [4.69, 9.17) is 19.9 Å². The number of nitrogens with two attached hydrogens (primary N) is 1. The number of nitrogens with zero attached hydrogens (tertiary/aromatic N) is 4. The van der Waals surface area contributed by atoms with Crippen molar-refractivity contribution in [2.75, 3.05) is 25.6 Å². The second-order valence-corrected chi connectivity index (χ2v) is 9.38. The van der Waals surface area contributed by atoms with E-state index in [9.17, 15) is 4.79 Å². The van der Waals surface area contributed by atoms with E-state index in [1.807, 2.05) is 19.1 Å². The summed E-state index contributed by atoms with van der Waals surface area (Å²) in [5.41, 5.74) is 7.21. The van der Waals surface area contributed by atoms with E-state index in [0.717, 1.165) is 19.3 Å². The largest absolute Gasteiger partial charge is 0.494 e. The lowest BCUT2D eigenvalue weighted by molar-refractivity contribution is -0.714. The molecule has 0 amide bonds. The van der Waals surface area contributed by atoms with Gasteiger partial charge in [-0.25, -0.2) is 0 Å². The van der Waals surface area contributed by atoms with Crippen LogP contribution in [0.25, 0.3) is 5.65 Å². The lowest BCUT2D eigenvalue weighted by atomic mass is 9.90. The van der Waals surface area contributed by atoms with Gasteiger partial charge in [-0.1, -0.05) is 43.5 Å². The number of fused-ring (bicyclic) bond motifs is 1. The number of rotatable bonds is 13. The number of benzene rings is 1. The zero-order chi connectivity index (χ0) is 25.3. The van der Waals surface area contributed by atoms with Gasteiger partial charge in [-0.05, 0) is 54.4 Å². The molecule has 36 heavy (non-hydrogen) atoms. The number of Topliss-reactive ketones (excluding diaryl/α,β-unsaturated/α-hetero) is 1. The zero-order valence-electron chi connectivity index (χ0n) is 21.4. The minimum Gasteiger partial charge on any atom is -0.494 e. The summed E-state index contributed by atoms with van der Waals surface area (Å²) in [6, 6.07) is 8.98. The van der Waals surface area contributed by atoms with Gasteiger partial charge < -0.3 is 19.9 Å². The SMILES string of the molecule is CCCCCOc1ccc2n(n1)c(N)n[n+]2CC(=O)c1cc(OCC)cc(OCC2CCCCC2)c1. The highest BCUT2D eigenvalue weighted by Gasteiger charge is 2.23. The number of anilines is 1. The molecule has 1 aromatic carbocycles. The Morgan fingerprint density at radius 2 is 1.83 bits per heavy atom. The molecule has 0 saturated heterocycles. The number of ketones is 1. The van der Waals surface area contributed by atoms with Crippen LogP contribution in [0.5, 0.6) is 17.4 Å². The second kappa shape index (κ2) is 12.6. The van der Waals surface area contributed by atoms with Crippen LogP contribution in [0.2, 0.25) is 0 Å². The highest BCUT2D eigenvalue weighted by atomic mass is 16.5. The van der Waals surface area contributed by atoms with Gasteiger partial charge in [-0.2, -0.15) is 0 Å². The van der Waals surface area contributed by atoms with E-state index in [0.29, 0.717) is 54.3 Å². The van der Waals surface area contributed by atoms with Gasteiger partial charge in [0.2, 0.25) is 5.78 Å². The van der Waals surface area contributed by atoms with Crippen molar-refractivity contribution in [3.8, 4) is 17.4 Å². The summed E-state index contributed by atoms with van der Waals surface area (Å²) in [5.74, 6) is 2.39. The van der Waals surface area contributed by atoms with Crippen LogP contribution in [0.3, 0.4) is 0 Å². The van der Waals surface area contributed by atoms with Gasteiger partial charge in [0.1, 0.15) is 11.5 Å². The monoisotopic (exact) mass is 496 g/mol. The van der Waals surface area contributed by atoms with Crippen LogP contribution in [-0.2, 0) is 6.54 Å². The molecule has 4 rings (SSSR count). The Bertz CT molecular complexity index is 1160. The topological polar surface area (TPSA) is 105 Å². The summed E-state index contributed by atoms with van der Waals surface area (Å²) < 4.78 is 20.6. The van der Waals surface area contributed by atoms with Crippen molar-refractivity contribution in [1.29, 1.82) is 0 Å². The van der Waals surface area contributed by atoms with Gasteiger partial charge in [-0.3, -0.25) is 4.79 Å². The van der Waals surface area contributed by atoms with Gasteiger partial charge in [-0.15, -0.1) is 4.68 Å². The maximum Gasteiger partial charge on any atom is 0.355 e. The molecule has 3 aromatic rings. The van der Waals surface area contributed by atoms with Crippen LogP contribution in [0.1, 0.15) is 75.6 Å². The first-order valence-electron chi connectivity index (χ1n) is 13.2. The maximum absolute atomic E-state index is 13.3. The van der Waals surface area contributed by atoms with E-state index in [-0.39, 0.29) is 18.3 Å². The van der Waals surface area contributed by atoms with Gasteiger partial charge in [0, 0.05) is 23.8 Å². The Kier molecular flexibility index (Phi) is 8.97. The first-order chi connectivity index (χ1) is 17.6. The standard InChI is InChI=1S/C27H38N5O4/c1-3-5-9-14-35-25-12-13-26-31(30-27(28)32(26)29-25)18-24(33)21-15-22(34-4-2)17-23(16-21)36-19-20-10-7-6-8-11-20/h12-13,15-17,20H,3-11,14,18-19H2,1-2H3,(H2,28,30)/q+1. The van der Waals surface area contributed by atoms with Gasteiger partial charge in [0.25, 0.3) is 5.88 Å². The second-order valence-electron chi connectivity index (χ2n) is 9.38. The highest BCUT2D eigenvalue weighted by molar-refractivity contribution is 5.96. The number of ether oxygens (including phenoxy) is 3. The minimum atomic E-state index is -0.121. The third-order valence-electron chi connectivity index (χ3n) is 6.51. The number of hydrogen-bond donors (Lipinski definition) is 1. The predicted octanol–water partition coefficient (Wildman–Crippen LogP) is 4.41. The van der Waals surface area contributed by atoms with Crippen molar-refractivity contribution in [1.82, 2.24) is 14.7 Å². The van der Waals surface area contributed by atoms with Crippen molar-refractivity contribution in [2.45, 2.75) is 71.8 Å². The lowest BCUT2D eigenvalue weighted by Gasteiger charge is -2.22. The molecule has 1 aliphatic rings. The van der Waals surface area contributed by atoms with Crippen LogP contribution < -0.4 is 24.6 Å². The van der Waals surface area contributed by atoms with Crippen molar-refractivity contribution < 1.29 is 23.7 Å². The predicted molar refractivity (Wildman–Crippen MR) is 137 cm³/mol. The van der Waals surface area contributed by atoms with E-state index < -0.39 is 0 Å². The van der Waals surface area contributed by atoms with Gasteiger partial charge in [0.05, 0.1) is 19.8 Å². The molecular weight excluding hydrogens is 458 g/mol. The average molecular weight is 497 g/mol. The van der Waals surface area contributed by atoms with E-state index in [1.165, 1.54) is 36.6 Å². The summed E-state index contributed by atoms with van der Waals surface area (Å²) in [7, 11) is 0. The minimum absolute atomic E-state index is 0.0106. The summed E-state index contributed by atoms with van der Waals surface area (Å²) in [4.78, 5) is 13.3. The maximum atomic E-state index is 13.3. The van der Waals surface area contributed by atoms with Crippen LogP contribution in [0.4, 0.5) is 5.95 Å². The van der Waals surface area contributed by atoms with Gasteiger partial charge in [0.15, 0.2) is 6.54 Å². The molecule has 9 nitrogen and oxygen atoms in total. The number of unbranched alkanes of at least 4 members (excludes halogenated alkanes) is 2. The molecule has 0 spiro atoms. The Hall–Kier alpha value is -3.36. The average Bonchev–Trinajstić information content (AvgIpc) is 3.20. The molecule has 2 N–H and O–H groups in total. The summed E-state index contributed by atoms with van der Waals surface area (Å²) in [5, 5.41) is 8.77. The molecule has 194 valence electrons. The normalized spacial score (nSPS) is 14.2. The Morgan fingerprint density at radius 3 is 2.58 bits per heavy atom. The van der Waals surface area contributed by atoms with Crippen LogP contribution in [0, 0.1) is 5.92 Å². The molecule has 2 heterocycles. The number of nitrogen functional groups attached to an aromatic ring is 1. The first kappa shape index (κ1) is 25.7. The van der Waals surface area contributed by atoms with Crippen LogP contribution in [-0.4, -0.2) is 40.3 Å². The van der Waals surface area contributed by atoms with Crippen LogP contribution >= 0.6 is 0 Å². The quantitative estimate of drug-likeness (QED) is 0.212. The van der Waals surface area contributed by atoms with Crippen molar-refractivity contribution in [2.24, 2.45) is 5.92 Å². The number of carbonyl (C=O) groups is 1. The molecule has 1 fully saturated rings. The third kappa shape index (κ3) is 6.65. The van der Waals surface area contributed by atoms with Crippen molar-refractivity contribution >= 4 is 17.4 Å². The molecule has 1 aliphatic carbocycles. The zero-order valence-corrected chi connectivity index (χ0v) is 21.4. The van der Waals surface area contributed by atoms with E-state index in [1.54, 1.807) is 22.9 Å². The number of carbonyl (C=O) groups excluding carboxylic acids is 1. The van der Waals surface area contributed by atoms with Crippen molar-refractivity contribution in [3.05, 3.63) is 35.9 Å². The van der Waals surface area contributed by atoms with Gasteiger partial charge >= 0.3 is 11.6 Å². The van der Waals surface area contributed by atoms with E-state index >= 15 is 0 Å². The fraction of sp³-hybridized carbons (Fsp3) is 0.556. The molecule has 1 saturated carbocycles.